The van der Waals surface area contributed by atoms with Crippen molar-refractivity contribution in [3.8, 4) is 11.4 Å². The van der Waals surface area contributed by atoms with Crippen LogP contribution in [0.2, 0.25) is 0 Å². The summed E-state index contributed by atoms with van der Waals surface area (Å²) in [5.41, 5.74) is 4.21. The van der Waals surface area contributed by atoms with Gasteiger partial charge in [0.15, 0.2) is 5.82 Å². The van der Waals surface area contributed by atoms with Crippen LogP contribution in [-0.2, 0) is 11.3 Å². The Balaban J connectivity index is 1.83. The third-order valence-electron chi connectivity index (χ3n) is 4.32. The van der Waals surface area contributed by atoms with Gasteiger partial charge in [-0.15, -0.1) is 5.10 Å². The number of hydrogen-bond donors (Lipinski definition) is 1. The van der Waals surface area contributed by atoms with Gasteiger partial charge in [-0.3, -0.25) is 4.79 Å². The minimum Gasteiger partial charge on any atom is -0.378 e. The third kappa shape index (κ3) is 4.55. The van der Waals surface area contributed by atoms with Crippen LogP contribution in [0.4, 0.5) is 11.6 Å². The lowest BCUT2D eigenvalue weighted by Gasteiger charge is -2.13. The molecule has 2 aromatic carbocycles. The molecule has 1 heterocycles. The maximum Gasteiger partial charge on any atom is 0.276 e. The Labute approximate surface area is 165 Å². The number of anilines is 2. The summed E-state index contributed by atoms with van der Waals surface area (Å²) in [6.45, 7) is 2.48. The van der Waals surface area contributed by atoms with Gasteiger partial charge in [-0.1, -0.05) is 42.0 Å². The van der Waals surface area contributed by atoms with Gasteiger partial charge in [0.2, 0.25) is 5.95 Å². The van der Waals surface area contributed by atoms with Crippen LogP contribution in [0, 0.1) is 6.92 Å². The number of methoxy groups -OCH3 is 1. The van der Waals surface area contributed by atoms with Crippen LogP contribution in [0.1, 0.15) is 15.9 Å². The van der Waals surface area contributed by atoms with E-state index in [4.69, 9.17) is 4.74 Å². The molecule has 0 aliphatic rings. The molecule has 7 heteroatoms. The second-order valence-corrected chi connectivity index (χ2v) is 6.78. The molecule has 146 valence electrons. The fourth-order valence-corrected chi connectivity index (χ4v) is 2.70. The molecule has 0 fully saturated rings. The highest BCUT2D eigenvalue weighted by Crippen LogP contribution is 2.19. The highest BCUT2D eigenvalue weighted by atomic mass is 16.5. The van der Waals surface area contributed by atoms with Gasteiger partial charge in [-0.05, 0) is 24.6 Å². The maximum absolute atomic E-state index is 12.4. The Kier molecular flexibility index (Phi) is 6.06. The van der Waals surface area contributed by atoms with Crippen LogP contribution in [-0.4, -0.2) is 48.5 Å². The Morgan fingerprint density at radius 2 is 1.79 bits per heavy atom. The predicted molar refractivity (Wildman–Crippen MR) is 111 cm³/mol. The van der Waals surface area contributed by atoms with Gasteiger partial charge in [0, 0.05) is 39.0 Å². The largest absolute Gasteiger partial charge is 0.378 e. The molecule has 0 radical (unpaired) electrons. The number of nitrogens with one attached hydrogen (secondary N) is 1. The zero-order valence-electron chi connectivity index (χ0n) is 16.6. The molecule has 0 aliphatic heterocycles. The molecule has 1 N–H and O–H groups in total. The molecule has 0 saturated carbocycles. The van der Waals surface area contributed by atoms with Crippen molar-refractivity contribution >= 4 is 17.5 Å². The van der Waals surface area contributed by atoms with Gasteiger partial charge in [0.1, 0.15) is 6.61 Å². The summed E-state index contributed by atoms with van der Waals surface area (Å²) in [6, 6.07) is 16.1. The van der Waals surface area contributed by atoms with Gasteiger partial charge in [-0.2, -0.15) is 9.67 Å². The lowest BCUT2D eigenvalue weighted by molar-refractivity contribution is 0.0748. The third-order valence-corrected chi connectivity index (χ3v) is 4.32. The Bertz CT molecular complexity index is 930. The van der Waals surface area contributed by atoms with E-state index < -0.39 is 0 Å². The fourth-order valence-electron chi connectivity index (χ4n) is 2.70. The number of hydrogen-bond acceptors (Lipinski definition) is 6. The minimum atomic E-state index is -0.279. The van der Waals surface area contributed by atoms with Gasteiger partial charge in [0.05, 0.1) is 0 Å². The van der Waals surface area contributed by atoms with Crippen molar-refractivity contribution in [2.45, 2.75) is 13.5 Å². The Hall–Kier alpha value is -3.19. The molecular weight excluding hydrogens is 354 g/mol. The summed E-state index contributed by atoms with van der Waals surface area (Å²) in [5, 5.41) is 7.60. The molecule has 0 saturated heterocycles. The van der Waals surface area contributed by atoms with Crippen molar-refractivity contribution in [2.75, 3.05) is 38.0 Å². The summed E-state index contributed by atoms with van der Waals surface area (Å²) in [6.07, 6.45) is 0. The summed E-state index contributed by atoms with van der Waals surface area (Å²) < 4.78 is 6.24. The lowest BCUT2D eigenvalue weighted by atomic mass is 10.1. The van der Waals surface area contributed by atoms with Crippen molar-refractivity contribution in [1.29, 1.82) is 0 Å². The first-order chi connectivity index (χ1) is 13.5. The highest BCUT2D eigenvalue weighted by molar-refractivity contribution is 5.82. The van der Waals surface area contributed by atoms with Crippen molar-refractivity contribution < 1.29 is 9.53 Å². The van der Waals surface area contributed by atoms with Crippen LogP contribution in [0.15, 0.2) is 48.5 Å². The van der Waals surface area contributed by atoms with E-state index in [1.807, 2.05) is 62.3 Å². The first-order valence-electron chi connectivity index (χ1n) is 9.04. The second-order valence-electron chi connectivity index (χ2n) is 6.78. The van der Waals surface area contributed by atoms with E-state index in [0.29, 0.717) is 18.3 Å². The first kappa shape index (κ1) is 19.6. The lowest BCUT2D eigenvalue weighted by Crippen LogP contribution is -2.20. The average Bonchev–Trinajstić information content (AvgIpc) is 3.12. The van der Waals surface area contributed by atoms with E-state index in [9.17, 15) is 4.79 Å². The second kappa shape index (κ2) is 8.67. The molecule has 0 unspecified atom stereocenters. The molecular formula is C21H25N5O2. The number of aromatic nitrogens is 3. The molecule has 0 amide bonds. The maximum atomic E-state index is 12.4. The van der Waals surface area contributed by atoms with Crippen LogP contribution in [0.3, 0.4) is 0 Å². The highest BCUT2D eigenvalue weighted by Gasteiger charge is 2.17. The molecule has 1 aromatic heterocycles. The zero-order chi connectivity index (χ0) is 20.1. The smallest absolute Gasteiger partial charge is 0.276 e. The van der Waals surface area contributed by atoms with E-state index in [2.05, 4.69) is 27.5 Å². The number of carbonyl (C=O) groups is 1. The van der Waals surface area contributed by atoms with Gasteiger partial charge < -0.3 is 15.0 Å². The average molecular weight is 379 g/mol. The normalized spacial score (nSPS) is 10.7. The first-order valence-corrected chi connectivity index (χ1v) is 9.04. The Morgan fingerprint density at radius 1 is 1.11 bits per heavy atom. The SMILES string of the molecule is COCC(=O)n1nc(-c2ccc(C)cc2)nc1NCc1ccc(N(C)C)cc1. The molecule has 3 aromatic rings. The number of rotatable bonds is 7. The van der Waals surface area contributed by atoms with Gasteiger partial charge in [0.25, 0.3) is 5.91 Å². The Morgan fingerprint density at radius 3 is 2.39 bits per heavy atom. The molecule has 0 aliphatic carbocycles. The van der Waals surface area contributed by atoms with Crippen molar-refractivity contribution in [1.82, 2.24) is 14.8 Å². The van der Waals surface area contributed by atoms with Gasteiger partial charge >= 0.3 is 0 Å². The zero-order valence-corrected chi connectivity index (χ0v) is 16.6. The fraction of sp³-hybridized carbons (Fsp3) is 0.286. The molecule has 7 nitrogen and oxygen atoms in total. The molecule has 28 heavy (non-hydrogen) atoms. The van der Waals surface area contributed by atoms with E-state index in [1.165, 1.54) is 11.8 Å². The summed E-state index contributed by atoms with van der Waals surface area (Å²) >= 11 is 0. The topological polar surface area (TPSA) is 72.3 Å². The van der Waals surface area contributed by atoms with Crippen molar-refractivity contribution in [3.63, 3.8) is 0 Å². The predicted octanol–water partition coefficient (Wildman–Crippen LogP) is 3.22. The summed E-state index contributed by atoms with van der Waals surface area (Å²) in [7, 11) is 5.49. The van der Waals surface area contributed by atoms with Crippen LogP contribution < -0.4 is 10.2 Å². The quantitative estimate of drug-likeness (QED) is 0.680. The minimum absolute atomic E-state index is 0.0666. The molecule has 0 bridgehead atoms. The number of ether oxygens (including phenoxy) is 1. The van der Waals surface area contributed by atoms with Crippen molar-refractivity contribution in [3.05, 3.63) is 59.7 Å². The summed E-state index contributed by atoms with van der Waals surface area (Å²) in [4.78, 5) is 19.0. The number of carbonyl (C=O) groups excluding carboxylic acids is 1. The van der Waals surface area contributed by atoms with E-state index in [0.717, 1.165) is 22.4 Å². The molecule has 0 spiro atoms. The van der Waals surface area contributed by atoms with Crippen LogP contribution in [0.5, 0.6) is 0 Å². The standard InChI is InChI=1S/C21H25N5O2/c1-15-5-9-17(10-6-15)20-23-21(26(24-20)19(27)14-28-4)22-13-16-7-11-18(12-8-16)25(2)3/h5-12H,13-14H2,1-4H3,(H,22,23,24). The number of aryl methyl sites for hydroxylation is 1. The number of benzene rings is 2. The summed E-state index contributed by atoms with van der Waals surface area (Å²) in [5.74, 6) is 0.614. The van der Waals surface area contributed by atoms with E-state index in [-0.39, 0.29) is 12.5 Å². The van der Waals surface area contributed by atoms with E-state index in [1.54, 1.807) is 0 Å². The monoisotopic (exact) mass is 379 g/mol. The number of nitrogens with zero attached hydrogens (tertiary/aromatic N) is 4. The molecule has 0 atom stereocenters. The van der Waals surface area contributed by atoms with E-state index >= 15 is 0 Å². The van der Waals surface area contributed by atoms with Crippen LogP contribution in [0.25, 0.3) is 11.4 Å². The van der Waals surface area contributed by atoms with Crippen LogP contribution >= 0.6 is 0 Å². The van der Waals surface area contributed by atoms with Gasteiger partial charge in [-0.25, -0.2) is 0 Å². The molecule has 3 rings (SSSR count). The van der Waals surface area contributed by atoms with Crippen molar-refractivity contribution in [2.24, 2.45) is 0 Å².